The van der Waals surface area contributed by atoms with Crippen LogP contribution in [0.4, 0.5) is 11.4 Å². The van der Waals surface area contributed by atoms with Gasteiger partial charge in [-0.2, -0.15) is 0 Å². The number of ether oxygens (including phenoxy) is 1. The van der Waals surface area contributed by atoms with E-state index in [0.29, 0.717) is 23.9 Å². The molecule has 0 aromatic heterocycles. The number of nitrogens with zero attached hydrogens (tertiary/aromatic N) is 1. The highest BCUT2D eigenvalue weighted by atomic mass is 16.5. The third-order valence-electron chi connectivity index (χ3n) is 6.28. The predicted molar refractivity (Wildman–Crippen MR) is 137 cm³/mol. The molecule has 2 amide bonds. The van der Waals surface area contributed by atoms with Crippen LogP contribution in [-0.2, 0) is 9.59 Å². The molecule has 1 saturated heterocycles. The van der Waals surface area contributed by atoms with Crippen molar-refractivity contribution in [2.24, 2.45) is 5.92 Å². The lowest BCUT2D eigenvalue weighted by atomic mass is 10.0. The molecule has 1 aliphatic heterocycles. The van der Waals surface area contributed by atoms with Gasteiger partial charge in [0.15, 0.2) is 0 Å². The molecule has 1 N–H and O–H groups in total. The van der Waals surface area contributed by atoms with E-state index < -0.39 is 0 Å². The summed E-state index contributed by atoms with van der Waals surface area (Å²) in [6, 6.07) is 19.6. The van der Waals surface area contributed by atoms with Crippen molar-refractivity contribution in [3.63, 3.8) is 0 Å². The molecule has 0 spiro atoms. The monoisotopic (exact) mass is 456 g/mol. The Labute approximate surface area is 201 Å². The highest BCUT2D eigenvalue weighted by Gasteiger charge is 2.35. The van der Waals surface area contributed by atoms with Gasteiger partial charge in [0, 0.05) is 24.3 Å². The van der Waals surface area contributed by atoms with Crippen LogP contribution in [-0.4, -0.2) is 18.4 Å². The van der Waals surface area contributed by atoms with Crippen LogP contribution < -0.4 is 15.0 Å². The molecule has 0 aliphatic carbocycles. The van der Waals surface area contributed by atoms with Crippen LogP contribution in [0.1, 0.15) is 48.4 Å². The molecular formula is C29H32N2O3. The van der Waals surface area contributed by atoms with E-state index in [-0.39, 0.29) is 24.2 Å². The first-order chi connectivity index (χ1) is 16.2. The molecule has 176 valence electrons. The van der Waals surface area contributed by atoms with Crippen molar-refractivity contribution in [3.8, 4) is 11.5 Å². The quantitative estimate of drug-likeness (QED) is 0.459. The third kappa shape index (κ3) is 5.14. The SMILES string of the molecule is Cc1ccc(N2C[C@H](C(=O)Nc3ccc(Oc4cc(C)ccc4C(C)C)cc3)CC2=O)c(C)c1. The molecule has 0 saturated carbocycles. The first-order valence-electron chi connectivity index (χ1n) is 11.8. The highest BCUT2D eigenvalue weighted by Crippen LogP contribution is 2.33. The molecule has 1 fully saturated rings. The smallest absolute Gasteiger partial charge is 0.229 e. The summed E-state index contributed by atoms with van der Waals surface area (Å²) in [6.07, 6.45) is 0.214. The molecule has 34 heavy (non-hydrogen) atoms. The number of amides is 2. The summed E-state index contributed by atoms with van der Waals surface area (Å²) in [7, 11) is 0. The summed E-state index contributed by atoms with van der Waals surface area (Å²) in [5.74, 6) is 1.37. The topological polar surface area (TPSA) is 58.6 Å². The van der Waals surface area contributed by atoms with Crippen LogP contribution in [0.3, 0.4) is 0 Å². The minimum atomic E-state index is -0.384. The predicted octanol–water partition coefficient (Wildman–Crippen LogP) is 6.52. The van der Waals surface area contributed by atoms with E-state index in [4.69, 9.17) is 4.74 Å². The van der Waals surface area contributed by atoms with Gasteiger partial charge in [-0.25, -0.2) is 0 Å². The molecule has 5 nitrogen and oxygen atoms in total. The number of benzene rings is 3. The summed E-state index contributed by atoms with van der Waals surface area (Å²) in [5.41, 5.74) is 6.05. The zero-order chi connectivity index (χ0) is 24.4. The van der Waals surface area contributed by atoms with Gasteiger partial charge in [0.2, 0.25) is 11.8 Å². The number of aryl methyl sites for hydroxylation is 3. The lowest BCUT2D eigenvalue weighted by molar-refractivity contribution is -0.122. The maximum atomic E-state index is 12.9. The van der Waals surface area contributed by atoms with E-state index in [9.17, 15) is 9.59 Å². The Hall–Kier alpha value is -3.60. The van der Waals surface area contributed by atoms with Gasteiger partial charge < -0.3 is 15.0 Å². The number of rotatable bonds is 6. The van der Waals surface area contributed by atoms with E-state index in [1.807, 2.05) is 63.2 Å². The fraction of sp³-hybridized carbons (Fsp3) is 0.310. The summed E-state index contributed by atoms with van der Waals surface area (Å²) in [5, 5.41) is 2.96. The molecule has 3 aromatic carbocycles. The molecule has 0 bridgehead atoms. The lowest BCUT2D eigenvalue weighted by Crippen LogP contribution is -2.28. The third-order valence-corrected chi connectivity index (χ3v) is 6.28. The van der Waals surface area contributed by atoms with Crippen molar-refractivity contribution < 1.29 is 14.3 Å². The normalized spacial score (nSPS) is 15.6. The Morgan fingerprint density at radius 1 is 0.971 bits per heavy atom. The maximum absolute atomic E-state index is 12.9. The fourth-order valence-electron chi connectivity index (χ4n) is 4.41. The van der Waals surface area contributed by atoms with Gasteiger partial charge in [0.05, 0.1) is 5.92 Å². The number of nitrogens with one attached hydrogen (secondary N) is 1. The van der Waals surface area contributed by atoms with E-state index in [1.54, 1.807) is 4.90 Å². The fourth-order valence-corrected chi connectivity index (χ4v) is 4.41. The zero-order valence-corrected chi connectivity index (χ0v) is 20.5. The summed E-state index contributed by atoms with van der Waals surface area (Å²) in [6.45, 7) is 10.7. The van der Waals surface area contributed by atoms with Crippen molar-refractivity contribution >= 4 is 23.2 Å². The molecule has 1 aliphatic rings. The summed E-state index contributed by atoms with van der Waals surface area (Å²) < 4.78 is 6.14. The Bertz CT molecular complexity index is 1210. The minimum Gasteiger partial charge on any atom is -0.457 e. The Balaban J connectivity index is 1.41. The average Bonchev–Trinajstić information content (AvgIpc) is 3.16. The zero-order valence-electron chi connectivity index (χ0n) is 20.5. The van der Waals surface area contributed by atoms with Gasteiger partial charge in [-0.05, 0) is 79.8 Å². The number of carbonyl (C=O) groups is 2. The second-order valence-corrected chi connectivity index (χ2v) is 9.51. The molecule has 1 heterocycles. The van der Waals surface area contributed by atoms with Crippen molar-refractivity contribution in [2.75, 3.05) is 16.8 Å². The van der Waals surface area contributed by atoms with Gasteiger partial charge in [0.25, 0.3) is 0 Å². The standard InChI is InChI=1S/C29H32N2O3/c1-18(2)25-12-6-20(4)15-27(25)34-24-10-8-23(9-11-24)30-29(33)22-16-28(32)31(17-22)26-13-7-19(3)14-21(26)5/h6-15,18,22H,16-17H2,1-5H3,(H,30,33)/t22-/m1/s1. The van der Waals surface area contributed by atoms with Gasteiger partial charge in [-0.3, -0.25) is 9.59 Å². The number of hydrogen-bond donors (Lipinski definition) is 1. The molecule has 5 heteroatoms. The number of hydrogen-bond acceptors (Lipinski definition) is 3. The molecule has 0 unspecified atom stereocenters. The highest BCUT2D eigenvalue weighted by molar-refractivity contribution is 6.03. The Morgan fingerprint density at radius 3 is 2.32 bits per heavy atom. The second kappa shape index (κ2) is 9.72. The van der Waals surface area contributed by atoms with Gasteiger partial charge >= 0.3 is 0 Å². The van der Waals surface area contributed by atoms with Gasteiger partial charge in [-0.15, -0.1) is 0 Å². The van der Waals surface area contributed by atoms with Crippen LogP contribution >= 0.6 is 0 Å². The Kier molecular flexibility index (Phi) is 6.73. The minimum absolute atomic E-state index is 0.0186. The first kappa shape index (κ1) is 23.6. The molecular weight excluding hydrogens is 424 g/mol. The maximum Gasteiger partial charge on any atom is 0.229 e. The van der Waals surface area contributed by atoms with Crippen molar-refractivity contribution in [1.82, 2.24) is 0 Å². The molecule has 0 radical (unpaired) electrons. The van der Waals surface area contributed by atoms with E-state index in [0.717, 1.165) is 33.7 Å². The van der Waals surface area contributed by atoms with E-state index >= 15 is 0 Å². The Morgan fingerprint density at radius 2 is 1.65 bits per heavy atom. The van der Waals surface area contributed by atoms with Crippen LogP contribution in [0.25, 0.3) is 0 Å². The summed E-state index contributed by atoms with van der Waals surface area (Å²) in [4.78, 5) is 27.2. The molecule has 1 atom stereocenters. The summed E-state index contributed by atoms with van der Waals surface area (Å²) >= 11 is 0. The van der Waals surface area contributed by atoms with Crippen LogP contribution in [0.15, 0.2) is 60.7 Å². The van der Waals surface area contributed by atoms with Crippen molar-refractivity contribution in [3.05, 3.63) is 82.9 Å². The number of carbonyl (C=O) groups excluding carboxylic acids is 2. The van der Waals surface area contributed by atoms with Gasteiger partial charge in [0.1, 0.15) is 11.5 Å². The van der Waals surface area contributed by atoms with Crippen LogP contribution in [0.5, 0.6) is 11.5 Å². The lowest BCUT2D eigenvalue weighted by Gasteiger charge is -2.19. The first-order valence-corrected chi connectivity index (χ1v) is 11.8. The average molecular weight is 457 g/mol. The molecule has 3 aromatic rings. The van der Waals surface area contributed by atoms with Gasteiger partial charge in [-0.1, -0.05) is 43.7 Å². The van der Waals surface area contributed by atoms with E-state index in [1.165, 1.54) is 0 Å². The second-order valence-electron chi connectivity index (χ2n) is 9.51. The van der Waals surface area contributed by atoms with Crippen LogP contribution in [0.2, 0.25) is 0 Å². The van der Waals surface area contributed by atoms with Crippen molar-refractivity contribution in [1.29, 1.82) is 0 Å². The number of anilines is 2. The van der Waals surface area contributed by atoms with E-state index in [2.05, 4.69) is 37.4 Å². The van der Waals surface area contributed by atoms with Crippen LogP contribution in [0, 0.1) is 26.7 Å². The largest absolute Gasteiger partial charge is 0.457 e. The van der Waals surface area contributed by atoms with Crippen molar-refractivity contribution in [2.45, 2.75) is 47.0 Å². The molecule has 4 rings (SSSR count).